The predicted molar refractivity (Wildman–Crippen MR) is 54.5 cm³/mol. The molecule has 2 aromatic heterocycles. The third kappa shape index (κ3) is 2.43. The molecule has 0 amide bonds. The Balaban J connectivity index is 1.98. The molecule has 0 aliphatic carbocycles. The van der Waals surface area contributed by atoms with E-state index in [1.54, 1.807) is 25.6 Å². The number of nitrogens with zero attached hydrogens (tertiary/aromatic N) is 3. The summed E-state index contributed by atoms with van der Waals surface area (Å²) in [5, 5.41) is 13.3. The lowest BCUT2D eigenvalue weighted by Gasteiger charge is -2.04. The molecule has 0 fully saturated rings. The standard InChI is InChI=1S/C9H11N5O/c1-15-8-2-3-10-9(4-8)11-5-7-6-12-14-13-7/h2-4,6H,5H2,1H3,(H,10,11)(H,12,13,14). The zero-order chi connectivity index (χ0) is 10.5. The second-order valence-electron chi connectivity index (χ2n) is 2.90. The molecule has 0 aliphatic heterocycles. The van der Waals surface area contributed by atoms with Crippen molar-refractivity contribution in [1.29, 1.82) is 0 Å². The summed E-state index contributed by atoms with van der Waals surface area (Å²) in [6.07, 6.45) is 3.34. The van der Waals surface area contributed by atoms with Gasteiger partial charge in [-0.25, -0.2) is 4.98 Å². The topological polar surface area (TPSA) is 75.7 Å². The number of hydrogen-bond acceptors (Lipinski definition) is 5. The van der Waals surface area contributed by atoms with Gasteiger partial charge in [0.1, 0.15) is 17.3 Å². The van der Waals surface area contributed by atoms with Crippen molar-refractivity contribution >= 4 is 5.82 Å². The van der Waals surface area contributed by atoms with Gasteiger partial charge in [-0.1, -0.05) is 0 Å². The Morgan fingerprint density at radius 1 is 1.53 bits per heavy atom. The summed E-state index contributed by atoms with van der Waals surface area (Å²) in [5.41, 5.74) is 0.833. The molecule has 0 bridgehead atoms. The Labute approximate surface area is 86.7 Å². The van der Waals surface area contributed by atoms with E-state index in [1.807, 2.05) is 6.07 Å². The van der Waals surface area contributed by atoms with Crippen LogP contribution < -0.4 is 10.1 Å². The van der Waals surface area contributed by atoms with Crippen molar-refractivity contribution in [3.8, 4) is 5.75 Å². The molecule has 0 aromatic carbocycles. The maximum atomic E-state index is 5.08. The molecular formula is C9H11N5O. The van der Waals surface area contributed by atoms with E-state index in [0.29, 0.717) is 6.54 Å². The Morgan fingerprint density at radius 3 is 3.20 bits per heavy atom. The summed E-state index contributed by atoms with van der Waals surface area (Å²) in [6, 6.07) is 3.61. The molecule has 0 saturated carbocycles. The smallest absolute Gasteiger partial charge is 0.129 e. The number of aromatic nitrogens is 4. The molecule has 2 rings (SSSR count). The Bertz CT molecular complexity index is 414. The molecule has 0 spiro atoms. The number of H-pyrrole nitrogens is 1. The van der Waals surface area contributed by atoms with E-state index in [1.165, 1.54) is 0 Å². The molecule has 2 heterocycles. The summed E-state index contributed by atoms with van der Waals surface area (Å²) in [7, 11) is 1.62. The van der Waals surface area contributed by atoms with Crippen molar-refractivity contribution in [2.75, 3.05) is 12.4 Å². The average Bonchev–Trinajstić information content (AvgIpc) is 2.79. The second-order valence-corrected chi connectivity index (χ2v) is 2.90. The van der Waals surface area contributed by atoms with Crippen LogP contribution >= 0.6 is 0 Å². The first-order valence-electron chi connectivity index (χ1n) is 4.47. The van der Waals surface area contributed by atoms with Crippen LogP contribution in [0.1, 0.15) is 5.69 Å². The quantitative estimate of drug-likeness (QED) is 0.772. The number of methoxy groups -OCH3 is 1. The average molecular weight is 205 g/mol. The molecule has 6 nitrogen and oxygen atoms in total. The van der Waals surface area contributed by atoms with Crippen LogP contribution in [0.4, 0.5) is 5.82 Å². The zero-order valence-electron chi connectivity index (χ0n) is 8.27. The summed E-state index contributed by atoms with van der Waals surface area (Å²) in [6.45, 7) is 0.580. The lowest BCUT2D eigenvalue weighted by atomic mass is 10.4. The molecule has 0 saturated heterocycles. The molecular weight excluding hydrogens is 194 g/mol. The lowest BCUT2D eigenvalue weighted by Crippen LogP contribution is -2.01. The van der Waals surface area contributed by atoms with Gasteiger partial charge in [-0.3, -0.25) is 0 Å². The minimum Gasteiger partial charge on any atom is -0.497 e. The van der Waals surface area contributed by atoms with E-state index >= 15 is 0 Å². The van der Waals surface area contributed by atoms with Crippen LogP contribution in [-0.2, 0) is 6.54 Å². The van der Waals surface area contributed by atoms with Crippen molar-refractivity contribution in [3.05, 3.63) is 30.2 Å². The third-order valence-electron chi connectivity index (χ3n) is 1.88. The van der Waals surface area contributed by atoms with Crippen LogP contribution in [-0.4, -0.2) is 27.5 Å². The number of nitrogens with one attached hydrogen (secondary N) is 2. The zero-order valence-corrected chi connectivity index (χ0v) is 8.27. The predicted octanol–water partition coefficient (Wildman–Crippen LogP) is 0.820. The molecule has 2 N–H and O–H groups in total. The van der Waals surface area contributed by atoms with Gasteiger partial charge in [-0.2, -0.15) is 15.4 Å². The number of hydrogen-bond donors (Lipinski definition) is 2. The fourth-order valence-electron chi connectivity index (χ4n) is 1.13. The summed E-state index contributed by atoms with van der Waals surface area (Å²) in [5.74, 6) is 1.52. The van der Waals surface area contributed by atoms with Crippen molar-refractivity contribution in [1.82, 2.24) is 20.4 Å². The Morgan fingerprint density at radius 2 is 2.47 bits per heavy atom. The van der Waals surface area contributed by atoms with Crippen molar-refractivity contribution < 1.29 is 4.74 Å². The first kappa shape index (κ1) is 9.45. The molecule has 15 heavy (non-hydrogen) atoms. The highest BCUT2D eigenvalue weighted by Gasteiger charge is 1.98. The minimum atomic E-state index is 0.580. The molecule has 0 radical (unpaired) electrons. The van der Waals surface area contributed by atoms with Crippen LogP contribution in [0.25, 0.3) is 0 Å². The maximum absolute atomic E-state index is 5.08. The van der Waals surface area contributed by atoms with Gasteiger partial charge in [0.25, 0.3) is 0 Å². The normalized spacial score (nSPS) is 9.93. The van der Waals surface area contributed by atoms with Crippen molar-refractivity contribution in [2.45, 2.75) is 6.54 Å². The van der Waals surface area contributed by atoms with Gasteiger partial charge in [0.2, 0.25) is 0 Å². The van der Waals surface area contributed by atoms with Gasteiger partial charge in [0.15, 0.2) is 0 Å². The van der Waals surface area contributed by atoms with Crippen LogP contribution in [0, 0.1) is 0 Å². The van der Waals surface area contributed by atoms with Crippen molar-refractivity contribution in [2.24, 2.45) is 0 Å². The monoisotopic (exact) mass is 205 g/mol. The first-order valence-corrected chi connectivity index (χ1v) is 4.47. The Kier molecular flexibility index (Phi) is 2.77. The number of rotatable bonds is 4. The van der Waals surface area contributed by atoms with E-state index in [9.17, 15) is 0 Å². The highest BCUT2D eigenvalue weighted by Crippen LogP contribution is 2.13. The van der Waals surface area contributed by atoms with Crippen LogP contribution in [0.2, 0.25) is 0 Å². The fourth-order valence-corrected chi connectivity index (χ4v) is 1.13. The number of aromatic amines is 1. The largest absolute Gasteiger partial charge is 0.497 e. The molecule has 0 unspecified atom stereocenters. The molecule has 0 aliphatic rings. The number of ether oxygens (including phenoxy) is 1. The van der Waals surface area contributed by atoms with Gasteiger partial charge in [0, 0.05) is 12.3 Å². The van der Waals surface area contributed by atoms with E-state index < -0.39 is 0 Å². The Hall–Kier alpha value is -2.11. The summed E-state index contributed by atoms with van der Waals surface area (Å²) in [4.78, 5) is 4.14. The van der Waals surface area contributed by atoms with Crippen LogP contribution in [0.5, 0.6) is 5.75 Å². The van der Waals surface area contributed by atoms with E-state index in [4.69, 9.17) is 4.74 Å². The van der Waals surface area contributed by atoms with Gasteiger partial charge >= 0.3 is 0 Å². The summed E-state index contributed by atoms with van der Waals surface area (Å²) < 4.78 is 5.08. The molecule has 6 heteroatoms. The van der Waals surface area contributed by atoms with E-state index in [2.05, 4.69) is 25.7 Å². The van der Waals surface area contributed by atoms with E-state index in [-0.39, 0.29) is 0 Å². The lowest BCUT2D eigenvalue weighted by molar-refractivity contribution is 0.414. The second kappa shape index (κ2) is 4.41. The van der Waals surface area contributed by atoms with Crippen LogP contribution in [0.15, 0.2) is 24.5 Å². The minimum absolute atomic E-state index is 0.580. The SMILES string of the molecule is COc1ccnc(NCc2cn[nH]n2)c1. The third-order valence-corrected chi connectivity index (χ3v) is 1.88. The molecule has 0 atom stereocenters. The maximum Gasteiger partial charge on any atom is 0.129 e. The van der Waals surface area contributed by atoms with Gasteiger partial charge < -0.3 is 10.1 Å². The highest BCUT2D eigenvalue weighted by molar-refractivity contribution is 5.40. The van der Waals surface area contributed by atoms with E-state index in [0.717, 1.165) is 17.3 Å². The fraction of sp³-hybridized carbons (Fsp3) is 0.222. The first-order chi connectivity index (χ1) is 7.38. The van der Waals surface area contributed by atoms with Crippen molar-refractivity contribution in [3.63, 3.8) is 0 Å². The van der Waals surface area contributed by atoms with Crippen LogP contribution in [0.3, 0.4) is 0 Å². The molecule has 78 valence electrons. The number of pyridine rings is 1. The molecule has 2 aromatic rings. The van der Waals surface area contributed by atoms with Gasteiger partial charge in [0.05, 0.1) is 19.9 Å². The van der Waals surface area contributed by atoms with Gasteiger partial charge in [-0.05, 0) is 6.07 Å². The van der Waals surface area contributed by atoms with Gasteiger partial charge in [-0.15, -0.1) is 0 Å². The highest BCUT2D eigenvalue weighted by atomic mass is 16.5. The summed E-state index contributed by atoms with van der Waals surface area (Å²) >= 11 is 0. The number of anilines is 1.